The van der Waals surface area contributed by atoms with Crippen LogP contribution in [-0.4, -0.2) is 32.0 Å². The smallest absolute Gasteiger partial charge is 0.263 e. The normalized spacial score (nSPS) is 10.2. The van der Waals surface area contributed by atoms with E-state index in [4.69, 9.17) is 4.74 Å². The van der Waals surface area contributed by atoms with Gasteiger partial charge >= 0.3 is 0 Å². The third kappa shape index (κ3) is 3.45. The average Bonchev–Trinajstić information content (AvgIpc) is 3.09. The molecule has 110 valence electrons. The Morgan fingerprint density at radius 3 is 2.86 bits per heavy atom. The van der Waals surface area contributed by atoms with Gasteiger partial charge < -0.3 is 10.1 Å². The minimum atomic E-state index is -0.292. The number of para-hydroxylation sites is 1. The molecule has 7 nitrogen and oxygen atoms in total. The summed E-state index contributed by atoms with van der Waals surface area (Å²) in [6, 6.07) is 10.8. The highest BCUT2D eigenvalue weighted by atomic mass is 16.5. The van der Waals surface area contributed by atoms with Crippen molar-refractivity contribution in [3.63, 3.8) is 0 Å². The summed E-state index contributed by atoms with van der Waals surface area (Å²) in [5.74, 6) is 1.37. The van der Waals surface area contributed by atoms with E-state index in [1.807, 2.05) is 18.2 Å². The van der Waals surface area contributed by atoms with Crippen molar-refractivity contribution in [1.29, 1.82) is 0 Å². The number of nitrogens with one attached hydrogen (secondary N) is 1. The highest BCUT2D eigenvalue weighted by molar-refractivity contribution is 5.91. The molecule has 3 rings (SSSR count). The number of hydrogen-bond acceptors (Lipinski definition) is 5. The largest absolute Gasteiger partial charge is 0.484 e. The van der Waals surface area contributed by atoms with Crippen LogP contribution in [0.25, 0.3) is 5.82 Å². The lowest BCUT2D eigenvalue weighted by atomic mass is 10.3. The van der Waals surface area contributed by atoms with Gasteiger partial charge in [0.2, 0.25) is 0 Å². The van der Waals surface area contributed by atoms with Crippen molar-refractivity contribution in [3.8, 4) is 11.6 Å². The summed E-state index contributed by atoms with van der Waals surface area (Å²) in [7, 11) is 0. The van der Waals surface area contributed by atoms with Crippen LogP contribution in [0.1, 0.15) is 0 Å². The number of carbonyl (C=O) groups excluding carboxylic acids is 1. The number of hydrogen-bond donors (Lipinski definition) is 1. The third-order valence-corrected chi connectivity index (χ3v) is 2.80. The SMILES string of the molecule is O=C(COc1ccccc1)Nc1cc(-n2ccnc2)ncn1. The highest BCUT2D eigenvalue weighted by Crippen LogP contribution is 2.10. The van der Waals surface area contributed by atoms with Crippen molar-refractivity contribution in [2.24, 2.45) is 0 Å². The zero-order valence-corrected chi connectivity index (χ0v) is 11.6. The van der Waals surface area contributed by atoms with Crippen LogP contribution in [0.2, 0.25) is 0 Å². The van der Waals surface area contributed by atoms with Crippen molar-refractivity contribution in [2.75, 3.05) is 11.9 Å². The van der Waals surface area contributed by atoms with E-state index in [9.17, 15) is 4.79 Å². The summed E-state index contributed by atoms with van der Waals surface area (Å²) in [4.78, 5) is 23.9. The number of benzene rings is 1. The predicted octanol–water partition coefficient (Wildman–Crippen LogP) is 1.68. The molecule has 0 fully saturated rings. The topological polar surface area (TPSA) is 81.9 Å². The van der Waals surface area contributed by atoms with E-state index in [-0.39, 0.29) is 12.5 Å². The van der Waals surface area contributed by atoms with Gasteiger partial charge in [0.1, 0.15) is 30.0 Å². The Balaban J connectivity index is 1.61. The second-order valence-corrected chi connectivity index (χ2v) is 4.38. The van der Waals surface area contributed by atoms with Gasteiger partial charge in [-0.15, -0.1) is 0 Å². The van der Waals surface area contributed by atoms with Crippen molar-refractivity contribution in [3.05, 3.63) is 61.4 Å². The number of amides is 1. The molecule has 1 amide bonds. The van der Waals surface area contributed by atoms with E-state index in [2.05, 4.69) is 20.3 Å². The Kier molecular flexibility index (Phi) is 4.05. The first-order valence-corrected chi connectivity index (χ1v) is 6.59. The first kappa shape index (κ1) is 13.7. The van der Waals surface area contributed by atoms with Crippen molar-refractivity contribution < 1.29 is 9.53 Å². The Morgan fingerprint density at radius 1 is 1.23 bits per heavy atom. The molecule has 2 heterocycles. The summed E-state index contributed by atoms with van der Waals surface area (Å²) in [5.41, 5.74) is 0. The molecule has 0 radical (unpaired) electrons. The molecular weight excluding hydrogens is 282 g/mol. The molecule has 0 aliphatic carbocycles. The predicted molar refractivity (Wildman–Crippen MR) is 79.7 cm³/mol. The van der Waals surface area contributed by atoms with Gasteiger partial charge in [0.05, 0.1) is 0 Å². The molecule has 0 saturated heterocycles. The summed E-state index contributed by atoms with van der Waals surface area (Å²) in [6.07, 6.45) is 6.40. The molecule has 0 aliphatic rings. The lowest BCUT2D eigenvalue weighted by molar-refractivity contribution is -0.118. The molecule has 2 aromatic heterocycles. The molecule has 0 spiro atoms. The lowest BCUT2D eigenvalue weighted by Gasteiger charge is -2.07. The molecule has 1 aromatic carbocycles. The fraction of sp³-hybridized carbons (Fsp3) is 0.0667. The van der Waals surface area contributed by atoms with E-state index >= 15 is 0 Å². The van der Waals surface area contributed by atoms with Gasteiger partial charge in [0.15, 0.2) is 6.61 Å². The number of carbonyl (C=O) groups is 1. The van der Waals surface area contributed by atoms with Crippen LogP contribution in [0.3, 0.4) is 0 Å². The van der Waals surface area contributed by atoms with E-state index in [1.54, 1.807) is 41.5 Å². The van der Waals surface area contributed by atoms with Crippen LogP contribution in [0.4, 0.5) is 5.82 Å². The average molecular weight is 295 g/mol. The van der Waals surface area contributed by atoms with Crippen molar-refractivity contribution in [1.82, 2.24) is 19.5 Å². The molecule has 1 N–H and O–H groups in total. The molecule has 3 aromatic rings. The molecule has 7 heteroatoms. The molecule has 0 bridgehead atoms. The molecule has 0 aliphatic heterocycles. The fourth-order valence-corrected chi connectivity index (χ4v) is 1.80. The standard InChI is InChI=1S/C15H13N5O2/c21-15(9-22-12-4-2-1-3-5-12)19-13-8-14(18-10-17-13)20-7-6-16-11-20/h1-8,10-11H,9H2,(H,17,18,19,21). The Labute approximate surface area is 126 Å². The van der Waals surface area contributed by atoms with Crippen LogP contribution in [-0.2, 0) is 4.79 Å². The second-order valence-electron chi connectivity index (χ2n) is 4.38. The molecular formula is C15H13N5O2. The van der Waals surface area contributed by atoms with Gasteiger partial charge in [-0.1, -0.05) is 18.2 Å². The number of nitrogens with zero attached hydrogens (tertiary/aromatic N) is 4. The Morgan fingerprint density at radius 2 is 2.09 bits per heavy atom. The monoisotopic (exact) mass is 295 g/mol. The molecule has 0 saturated carbocycles. The zero-order chi connectivity index (χ0) is 15.2. The summed E-state index contributed by atoms with van der Waals surface area (Å²) in [5, 5.41) is 2.67. The fourth-order valence-electron chi connectivity index (χ4n) is 1.80. The summed E-state index contributed by atoms with van der Waals surface area (Å²) < 4.78 is 7.09. The van der Waals surface area contributed by atoms with Gasteiger partial charge in [0, 0.05) is 18.5 Å². The number of ether oxygens (including phenoxy) is 1. The van der Waals surface area contributed by atoms with Gasteiger partial charge in [-0.05, 0) is 12.1 Å². The van der Waals surface area contributed by atoms with Gasteiger partial charge in [-0.25, -0.2) is 15.0 Å². The van der Waals surface area contributed by atoms with Gasteiger partial charge in [0.25, 0.3) is 5.91 Å². The van der Waals surface area contributed by atoms with E-state index in [1.165, 1.54) is 6.33 Å². The van der Waals surface area contributed by atoms with Crippen LogP contribution in [0, 0.1) is 0 Å². The number of aromatic nitrogens is 4. The number of rotatable bonds is 5. The third-order valence-electron chi connectivity index (χ3n) is 2.80. The van der Waals surface area contributed by atoms with Crippen LogP contribution in [0.15, 0.2) is 61.4 Å². The van der Waals surface area contributed by atoms with Crippen LogP contribution >= 0.6 is 0 Å². The van der Waals surface area contributed by atoms with Crippen LogP contribution < -0.4 is 10.1 Å². The summed E-state index contributed by atoms with van der Waals surface area (Å²) in [6.45, 7) is -0.0889. The minimum absolute atomic E-state index is 0.0889. The highest BCUT2D eigenvalue weighted by Gasteiger charge is 2.06. The first-order chi connectivity index (χ1) is 10.8. The van der Waals surface area contributed by atoms with Gasteiger partial charge in [-0.3, -0.25) is 9.36 Å². The number of anilines is 1. The molecule has 22 heavy (non-hydrogen) atoms. The van der Waals surface area contributed by atoms with E-state index < -0.39 is 0 Å². The Bertz CT molecular complexity index is 744. The van der Waals surface area contributed by atoms with Crippen molar-refractivity contribution >= 4 is 11.7 Å². The molecule has 0 atom stereocenters. The summed E-state index contributed by atoms with van der Waals surface area (Å²) >= 11 is 0. The maximum atomic E-state index is 11.9. The number of imidazole rings is 1. The van der Waals surface area contributed by atoms with Crippen LogP contribution in [0.5, 0.6) is 5.75 Å². The first-order valence-electron chi connectivity index (χ1n) is 6.59. The zero-order valence-electron chi connectivity index (χ0n) is 11.6. The van der Waals surface area contributed by atoms with Crippen molar-refractivity contribution in [2.45, 2.75) is 0 Å². The maximum Gasteiger partial charge on any atom is 0.263 e. The Hall–Kier alpha value is -3.22. The quantitative estimate of drug-likeness (QED) is 0.774. The van der Waals surface area contributed by atoms with E-state index in [0.717, 1.165) is 0 Å². The van der Waals surface area contributed by atoms with Gasteiger partial charge in [-0.2, -0.15) is 0 Å². The second kappa shape index (κ2) is 6.49. The minimum Gasteiger partial charge on any atom is -0.484 e. The van der Waals surface area contributed by atoms with E-state index in [0.29, 0.717) is 17.4 Å². The lowest BCUT2D eigenvalue weighted by Crippen LogP contribution is -2.21. The molecule has 0 unspecified atom stereocenters. The maximum absolute atomic E-state index is 11.9.